The number of carbonyl (C=O) groups excluding carboxylic acids is 2. The number of ether oxygens (including phenoxy) is 1. The highest BCUT2D eigenvalue weighted by Gasteiger charge is 2.18. The van der Waals surface area contributed by atoms with Gasteiger partial charge in [-0.25, -0.2) is 4.39 Å². The Morgan fingerprint density at radius 2 is 1.82 bits per heavy atom. The zero-order chi connectivity index (χ0) is 19.9. The first kappa shape index (κ1) is 19.1. The van der Waals surface area contributed by atoms with Crippen LogP contribution in [0.1, 0.15) is 22.8 Å². The Kier molecular flexibility index (Phi) is 6.01. The molecule has 0 aliphatic heterocycles. The molecule has 1 aromatic heterocycles. The molecule has 0 bridgehead atoms. The molecule has 144 valence electrons. The monoisotopic (exact) mass is 382 g/mol. The predicted molar refractivity (Wildman–Crippen MR) is 99.9 cm³/mol. The number of hydrogen-bond acceptors (Lipinski definition) is 4. The lowest BCUT2D eigenvalue weighted by atomic mass is 10.2. The van der Waals surface area contributed by atoms with E-state index in [9.17, 15) is 14.0 Å². The molecule has 8 heteroatoms. The van der Waals surface area contributed by atoms with E-state index in [-0.39, 0.29) is 5.75 Å². The molecule has 1 heterocycles. The van der Waals surface area contributed by atoms with Crippen molar-refractivity contribution in [1.82, 2.24) is 20.6 Å². The van der Waals surface area contributed by atoms with Crippen molar-refractivity contribution in [2.24, 2.45) is 0 Å². The van der Waals surface area contributed by atoms with Crippen LogP contribution in [0.3, 0.4) is 0 Å². The Bertz CT molecular complexity index is 959. The van der Waals surface area contributed by atoms with Gasteiger partial charge in [-0.1, -0.05) is 42.5 Å². The summed E-state index contributed by atoms with van der Waals surface area (Å²) in [5, 5.41) is 4.14. The van der Waals surface area contributed by atoms with Gasteiger partial charge in [0.25, 0.3) is 11.8 Å². The van der Waals surface area contributed by atoms with Gasteiger partial charge in [0, 0.05) is 6.20 Å². The molecule has 7 nitrogen and oxygen atoms in total. The van der Waals surface area contributed by atoms with Gasteiger partial charge in [0.05, 0.1) is 18.3 Å². The van der Waals surface area contributed by atoms with E-state index in [0.717, 1.165) is 5.56 Å². The number of nitrogens with zero attached hydrogens (tertiary/aromatic N) is 2. The molecular weight excluding hydrogens is 363 g/mol. The van der Waals surface area contributed by atoms with Gasteiger partial charge in [-0.3, -0.25) is 25.1 Å². The third kappa shape index (κ3) is 4.94. The molecule has 3 rings (SSSR count). The second-order valence-electron chi connectivity index (χ2n) is 6.05. The van der Waals surface area contributed by atoms with Crippen LogP contribution in [0.2, 0.25) is 0 Å². The van der Waals surface area contributed by atoms with Crippen molar-refractivity contribution in [3.8, 4) is 5.75 Å². The van der Waals surface area contributed by atoms with E-state index in [0.29, 0.717) is 12.1 Å². The quantitative estimate of drug-likeness (QED) is 0.641. The summed E-state index contributed by atoms with van der Waals surface area (Å²) in [5.41, 5.74) is 5.88. The number of nitrogens with one attached hydrogen (secondary N) is 2. The minimum atomic E-state index is -1.00. The number of hydrogen-bond donors (Lipinski definition) is 2. The molecule has 0 aliphatic carbocycles. The second kappa shape index (κ2) is 8.81. The van der Waals surface area contributed by atoms with Gasteiger partial charge in [-0.05, 0) is 24.6 Å². The third-order valence-electron chi connectivity index (χ3n) is 3.89. The maximum atomic E-state index is 13.6. The largest absolute Gasteiger partial charge is 0.478 e. The van der Waals surface area contributed by atoms with E-state index in [1.807, 2.05) is 30.3 Å². The molecular formula is C20H19FN4O3. The number of benzene rings is 2. The van der Waals surface area contributed by atoms with Crippen molar-refractivity contribution in [1.29, 1.82) is 0 Å². The SMILES string of the molecule is C[C@@H](Oc1ccccc1F)C(=O)NNC(=O)c1cnn(Cc2ccccc2)c1. The van der Waals surface area contributed by atoms with Crippen molar-refractivity contribution < 1.29 is 18.7 Å². The summed E-state index contributed by atoms with van der Waals surface area (Å²) in [6.45, 7) is 1.97. The average Bonchev–Trinajstić information content (AvgIpc) is 3.17. The van der Waals surface area contributed by atoms with Crippen molar-refractivity contribution in [2.45, 2.75) is 19.6 Å². The normalized spacial score (nSPS) is 11.5. The maximum absolute atomic E-state index is 13.6. The first-order valence-electron chi connectivity index (χ1n) is 8.60. The summed E-state index contributed by atoms with van der Waals surface area (Å²) in [6, 6.07) is 15.4. The third-order valence-corrected chi connectivity index (χ3v) is 3.89. The van der Waals surface area contributed by atoms with Gasteiger partial charge in [-0.15, -0.1) is 0 Å². The van der Waals surface area contributed by atoms with Gasteiger partial charge in [0.1, 0.15) is 0 Å². The Morgan fingerprint density at radius 1 is 1.11 bits per heavy atom. The van der Waals surface area contributed by atoms with Gasteiger partial charge in [0.2, 0.25) is 0 Å². The Labute approximate surface area is 161 Å². The van der Waals surface area contributed by atoms with Gasteiger partial charge >= 0.3 is 0 Å². The molecule has 0 saturated heterocycles. The van der Waals surface area contributed by atoms with Crippen LogP contribution in [0.5, 0.6) is 5.75 Å². The number of rotatable bonds is 6. The van der Waals surface area contributed by atoms with Crippen molar-refractivity contribution in [3.63, 3.8) is 0 Å². The zero-order valence-corrected chi connectivity index (χ0v) is 15.1. The number of para-hydroxylation sites is 1. The first-order valence-corrected chi connectivity index (χ1v) is 8.60. The van der Waals surface area contributed by atoms with E-state index in [1.165, 1.54) is 31.3 Å². The van der Waals surface area contributed by atoms with Gasteiger partial charge in [-0.2, -0.15) is 5.10 Å². The predicted octanol–water partition coefficient (Wildman–Crippen LogP) is 2.30. The fourth-order valence-corrected chi connectivity index (χ4v) is 2.41. The molecule has 28 heavy (non-hydrogen) atoms. The molecule has 0 fully saturated rings. The summed E-state index contributed by atoms with van der Waals surface area (Å²) in [7, 11) is 0. The number of amides is 2. The summed E-state index contributed by atoms with van der Waals surface area (Å²) in [4.78, 5) is 24.2. The maximum Gasteiger partial charge on any atom is 0.279 e. The number of aromatic nitrogens is 2. The summed E-state index contributed by atoms with van der Waals surface area (Å²) in [5.74, 6) is -1.75. The lowest BCUT2D eigenvalue weighted by molar-refractivity contribution is -0.128. The van der Waals surface area contributed by atoms with Crippen molar-refractivity contribution in [3.05, 3.63) is 83.9 Å². The van der Waals surface area contributed by atoms with Crippen LogP contribution < -0.4 is 15.6 Å². The lowest BCUT2D eigenvalue weighted by Gasteiger charge is -2.15. The van der Waals surface area contributed by atoms with Crippen LogP contribution >= 0.6 is 0 Å². The van der Waals surface area contributed by atoms with Crippen LogP contribution in [0, 0.1) is 5.82 Å². The molecule has 2 aromatic carbocycles. The van der Waals surface area contributed by atoms with Crippen LogP contribution in [-0.2, 0) is 11.3 Å². The van der Waals surface area contributed by atoms with Crippen LogP contribution in [-0.4, -0.2) is 27.7 Å². The number of halogens is 1. The molecule has 0 saturated carbocycles. The molecule has 2 amide bonds. The molecule has 0 unspecified atom stereocenters. The second-order valence-corrected chi connectivity index (χ2v) is 6.05. The van der Waals surface area contributed by atoms with E-state index in [4.69, 9.17) is 4.74 Å². The molecule has 2 N–H and O–H groups in total. The van der Waals surface area contributed by atoms with Crippen molar-refractivity contribution >= 4 is 11.8 Å². The lowest BCUT2D eigenvalue weighted by Crippen LogP contribution is -2.47. The average molecular weight is 382 g/mol. The number of hydrazine groups is 1. The standard InChI is InChI=1S/C20H19FN4O3/c1-14(28-18-10-6-5-9-17(18)21)19(26)23-24-20(27)16-11-22-25(13-16)12-15-7-3-2-4-8-15/h2-11,13-14H,12H2,1H3,(H,23,26)(H,24,27)/t14-/m1/s1. The van der Waals surface area contributed by atoms with Crippen LogP contribution in [0.15, 0.2) is 67.0 Å². The van der Waals surface area contributed by atoms with Crippen LogP contribution in [0.4, 0.5) is 4.39 Å². The Hall–Kier alpha value is -3.68. The van der Waals surface area contributed by atoms with E-state index in [2.05, 4.69) is 16.0 Å². The van der Waals surface area contributed by atoms with Gasteiger partial charge < -0.3 is 4.74 Å². The smallest absolute Gasteiger partial charge is 0.279 e. The first-order chi connectivity index (χ1) is 13.5. The summed E-state index contributed by atoms with van der Waals surface area (Å²) >= 11 is 0. The molecule has 0 spiro atoms. The molecule has 3 aromatic rings. The fourth-order valence-electron chi connectivity index (χ4n) is 2.41. The highest BCUT2D eigenvalue weighted by Crippen LogP contribution is 2.16. The summed E-state index contributed by atoms with van der Waals surface area (Å²) in [6.07, 6.45) is 1.98. The minimum Gasteiger partial charge on any atom is -0.478 e. The van der Waals surface area contributed by atoms with Crippen molar-refractivity contribution in [2.75, 3.05) is 0 Å². The topological polar surface area (TPSA) is 85.2 Å². The minimum absolute atomic E-state index is 0.0429. The Morgan fingerprint density at radius 3 is 2.57 bits per heavy atom. The molecule has 1 atom stereocenters. The zero-order valence-electron chi connectivity index (χ0n) is 15.1. The van der Waals surface area contributed by atoms with E-state index >= 15 is 0 Å². The van der Waals surface area contributed by atoms with Crippen LogP contribution in [0.25, 0.3) is 0 Å². The summed E-state index contributed by atoms with van der Waals surface area (Å²) < 4.78 is 20.5. The molecule has 0 radical (unpaired) electrons. The van der Waals surface area contributed by atoms with E-state index in [1.54, 1.807) is 16.9 Å². The Balaban J connectivity index is 1.51. The highest BCUT2D eigenvalue weighted by molar-refractivity contribution is 5.95. The fraction of sp³-hybridized carbons (Fsp3) is 0.150. The van der Waals surface area contributed by atoms with E-state index < -0.39 is 23.7 Å². The van der Waals surface area contributed by atoms with Gasteiger partial charge in [0.15, 0.2) is 17.7 Å². The highest BCUT2D eigenvalue weighted by atomic mass is 19.1. The number of carbonyl (C=O) groups is 2. The molecule has 0 aliphatic rings.